The summed E-state index contributed by atoms with van der Waals surface area (Å²) in [4.78, 5) is 21.1. The first-order valence-corrected chi connectivity index (χ1v) is 12.3. The number of hydrogen-bond donors (Lipinski definition) is 3. The number of hydrogen-bond acceptors (Lipinski definition) is 8. The fourth-order valence-corrected chi connectivity index (χ4v) is 5.13. The molecule has 2 aliphatic heterocycles. The van der Waals surface area contributed by atoms with E-state index in [1.807, 2.05) is 0 Å². The van der Waals surface area contributed by atoms with Crippen LogP contribution in [-0.2, 0) is 4.74 Å². The van der Waals surface area contributed by atoms with E-state index in [2.05, 4.69) is 20.7 Å². The highest BCUT2D eigenvalue weighted by molar-refractivity contribution is 7.11. The molecule has 9 nitrogen and oxygen atoms in total. The number of ether oxygens (including phenoxy) is 1. The van der Waals surface area contributed by atoms with Crippen LogP contribution in [0.1, 0.15) is 42.2 Å². The lowest BCUT2D eigenvalue weighted by Crippen LogP contribution is -2.54. The van der Waals surface area contributed by atoms with Gasteiger partial charge >= 0.3 is 12.6 Å². The minimum atomic E-state index is -2.89. The van der Waals surface area contributed by atoms with Gasteiger partial charge in [0.2, 0.25) is 0 Å². The SMILES string of the molecule is CC(O)[C@]1(CC2=C(c3ccn(C(F)F)n3)[C@H](c3ccc(F)cc3Cl)N=C(c3nccs3)N2)COC(=O)N1. The number of nitrogens with zero attached hydrogens (tertiary/aromatic N) is 4. The molecular weight excluding hydrogens is 533 g/mol. The van der Waals surface area contributed by atoms with Gasteiger partial charge in [0.1, 0.15) is 24.0 Å². The van der Waals surface area contributed by atoms with E-state index in [0.717, 1.165) is 12.3 Å². The summed E-state index contributed by atoms with van der Waals surface area (Å²) < 4.78 is 46.4. The monoisotopic (exact) mass is 552 g/mol. The molecule has 0 spiro atoms. The zero-order valence-corrected chi connectivity index (χ0v) is 20.7. The second-order valence-electron chi connectivity index (χ2n) is 8.57. The van der Waals surface area contributed by atoms with Crippen molar-refractivity contribution in [3.8, 4) is 0 Å². The van der Waals surface area contributed by atoms with Crippen LogP contribution < -0.4 is 10.6 Å². The number of amidine groups is 1. The molecule has 3 aromatic rings. The highest BCUT2D eigenvalue weighted by Crippen LogP contribution is 2.43. The first-order valence-electron chi connectivity index (χ1n) is 11.1. The summed E-state index contributed by atoms with van der Waals surface area (Å²) >= 11 is 7.74. The van der Waals surface area contributed by atoms with E-state index in [0.29, 0.717) is 32.4 Å². The van der Waals surface area contributed by atoms with Crippen LogP contribution >= 0.6 is 22.9 Å². The third-order valence-electron chi connectivity index (χ3n) is 6.21. The average molecular weight is 553 g/mol. The molecule has 3 N–H and O–H groups in total. The van der Waals surface area contributed by atoms with E-state index in [1.165, 1.54) is 36.5 Å². The Kier molecular flexibility index (Phi) is 6.68. The molecule has 0 bridgehead atoms. The highest BCUT2D eigenvalue weighted by atomic mass is 35.5. The van der Waals surface area contributed by atoms with E-state index >= 15 is 0 Å². The average Bonchev–Trinajstić information content (AvgIpc) is 3.60. The van der Waals surface area contributed by atoms with E-state index in [4.69, 9.17) is 21.3 Å². The number of alkyl halides is 2. The molecule has 3 atom stereocenters. The molecule has 0 aliphatic carbocycles. The topological polar surface area (TPSA) is 114 Å². The Morgan fingerprint density at radius 1 is 1.38 bits per heavy atom. The van der Waals surface area contributed by atoms with Crippen LogP contribution in [0.4, 0.5) is 18.0 Å². The normalized spacial score (nSPS) is 22.5. The number of carbonyl (C=O) groups is 1. The first kappa shape index (κ1) is 25.2. The van der Waals surface area contributed by atoms with Crippen molar-refractivity contribution in [3.05, 3.63) is 74.8 Å². The molecular formula is C23H20ClF3N6O3S. The van der Waals surface area contributed by atoms with E-state index in [1.54, 1.807) is 11.6 Å². The van der Waals surface area contributed by atoms with Crippen molar-refractivity contribution < 1.29 is 27.8 Å². The van der Waals surface area contributed by atoms with Crippen molar-refractivity contribution >= 4 is 40.4 Å². The molecule has 1 saturated heterocycles. The van der Waals surface area contributed by atoms with Gasteiger partial charge in [-0.25, -0.2) is 18.9 Å². The van der Waals surface area contributed by atoms with Crippen molar-refractivity contribution in [2.75, 3.05) is 6.61 Å². The van der Waals surface area contributed by atoms with E-state index in [9.17, 15) is 23.1 Å². The van der Waals surface area contributed by atoms with Crippen LogP contribution in [0.25, 0.3) is 5.57 Å². The largest absolute Gasteiger partial charge is 0.447 e. The number of carbonyl (C=O) groups excluding carboxylic acids is 1. The number of aliphatic imine (C=N–C) groups is 1. The lowest BCUT2D eigenvalue weighted by atomic mass is 9.84. The van der Waals surface area contributed by atoms with Crippen molar-refractivity contribution in [3.63, 3.8) is 0 Å². The van der Waals surface area contributed by atoms with Gasteiger partial charge in [0, 0.05) is 46.1 Å². The molecule has 2 aromatic heterocycles. The molecule has 14 heteroatoms. The summed E-state index contributed by atoms with van der Waals surface area (Å²) in [6.07, 6.45) is 0.956. The molecule has 0 saturated carbocycles. The number of cyclic esters (lactones) is 1. The van der Waals surface area contributed by atoms with Gasteiger partial charge in [-0.05, 0) is 25.1 Å². The van der Waals surface area contributed by atoms with Crippen LogP contribution in [0.5, 0.6) is 0 Å². The Morgan fingerprint density at radius 3 is 2.78 bits per heavy atom. The summed E-state index contributed by atoms with van der Waals surface area (Å²) in [5.74, 6) is -0.211. The number of rotatable bonds is 7. The van der Waals surface area contributed by atoms with Gasteiger partial charge in [-0.15, -0.1) is 11.3 Å². The molecule has 194 valence electrons. The van der Waals surface area contributed by atoms with Gasteiger partial charge in [-0.3, -0.25) is 4.99 Å². The molecule has 1 amide bonds. The number of aromatic nitrogens is 3. The third-order valence-corrected chi connectivity index (χ3v) is 7.31. The smallest absolute Gasteiger partial charge is 0.407 e. The third kappa shape index (κ3) is 4.81. The van der Waals surface area contributed by atoms with Gasteiger partial charge in [0.25, 0.3) is 0 Å². The van der Waals surface area contributed by atoms with Crippen LogP contribution in [0.2, 0.25) is 5.02 Å². The maximum Gasteiger partial charge on any atom is 0.407 e. The maximum absolute atomic E-state index is 13.9. The fourth-order valence-electron chi connectivity index (χ4n) is 4.28. The molecule has 1 fully saturated rings. The summed E-state index contributed by atoms with van der Waals surface area (Å²) in [7, 11) is 0. The summed E-state index contributed by atoms with van der Waals surface area (Å²) in [5, 5.41) is 22.9. The predicted octanol–water partition coefficient (Wildman–Crippen LogP) is 4.28. The second kappa shape index (κ2) is 9.80. The number of nitrogens with one attached hydrogen (secondary N) is 2. The Balaban J connectivity index is 1.72. The number of aliphatic hydroxyl groups excluding tert-OH is 1. The lowest BCUT2D eigenvalue weighted by molar-refractivity contribution is 0.0564. The predicted molar refractivity (Wildman–Crippen MR) is 130 cm³/mol. The van der Waals surface area contributed by atoms with Gasteiger partial charge in [0.15, 0.2) is 10.8 Å². The summed E-state index contributed by atoms with van der Waals surface area (Å²) in [5.41, 5.74) is 0.0844. The Bertz CT molecular complexity index is 1390. The Labute approximate surface area is 217 Å². The molecule has 37 heavy (non-hydrogen) atoms. The lowest BCUT2D eigenvalue weighted by Gasteiger charge is -2.35. The highest BCUT2D eigenvalue weighted by Gasteiger charge is 2.46. The number of aliphatic hydroxyl groups is 1. The second-order valence-corrected chi connectivity index (χ2v) is 9.87. The number of halogens is 4. The minimum Gasteiger partial charge on any atom is -0.447 e. The van der Waals surface area contributed by atoms with Crippen molar-refractivity contribution in [1.82, 2.24) is 25.4 Å². The van der Waals surface area contributed by atoms with Crippen molar-refractivity contribution in [2.24, 2.45) is 4.99 Å². The number of thiazole rings is 1. The van der Waals surface area contributed by atoms with E-state index < -0.39 is 36.1 Å². The van der Waals surface area contributed by atoms with Gasteiger partial charge in [-0.2, -0.15) is 13.9 Å². The molecule has 1 aromatic carbocycles. The zero-order chi connectivity index (χ0) is 26.3. The number of benzene rings is 1. The van der Waals surface area contributed by atoms with Crippen LogP contribution in [0.3, 0.4) is 0 Å². The zero-order valence-electron chi connectivity index (χ0n) is 19.2. The van der Waals surface area contributed by atoms with Crippen LogP contribution in [0, 0.1) is 5.82 Å². The number of alkyl carbamates (subject to hydrolysis) is 1. The Hall–Kier alpha value is -3.42. The van der Waals surface area contributed by atoms with Crippen LogP contribution in [0.15, 0.2) is 52.7 Å². The van der Waals surface area contributed by atoms with Crippen molar-refractivity contribution in [1.29, 1.82) is 0 Å². The maximum atomic E-state index is 13.9. The fraction of sp³-hybridized carbons (Fsp3) is 0.304. The van der Waals surface area contributed by atoms with Crippen molar-refractivity contribution in [2.45, 2.75) is 37.6 Å². The van der Waals surface area contributed by atoms with Gasteiger partial charge in [0.05, 0.1) is 11.8 Å². The molecule has 4 heterocycles. The summed E-state index contributed by atoms with van der Waals surface area (Å²) in [6, 6.07) is 4.31. The molecule has 2 aliphatic rings. The van der Waals surface area contributed by atoms with Gasteiger partial charge < -0.3 is 20.5 Å². The Morgan fingerprint density at radius 2 is 2.19 bits per heavy atom. The molecule has 5 rings (SSSR count). The minimum absolute atomic E-state index is 0.00696. The number of amides is 1. The molecule has 0 radical (unpaired) electrons. The van der Waals surface area contributed by atoms with Gasteiger partial charge in [-0.1, -0.05) is 17.7 Å². The summed E-state index contributed by atoms with van der Waals surface area (Å²) in [6.45, 7) is -1.52. The van der Waals surface area contributed by atoms with E-state index in [-0.39, 0.29) is 23.7 Å². The first-order chi connectivity index (χ1) is 17.7. The quantitative estimate of drug-likeness (QED) is 0.403. The standard InChI is InChI=1S/C23H20ClF3N6O3S/c1-11(34)23(10-36-22(35)31-23)9-16-17(15-4-6-33(32-15)21(26)27)18(13-3-2-12(25)8-14(13)24)30-19(29-16)20-28-5-7-37-20/h2-8,11,18,21,34H,9-10H2,1H3,(H,29,30)(H,31,35)/t11?,18-,23-/m0/s1. The van der Waals surface area contributed by atoms with Crippen LogP contribution in [-0.4, -0.2) is 50.0 Å². The molecule has 1 unspecified atom stereocenters.